The predicted molar refractivity (Wildman–Crippen MR) is 90.7 cm³/mol. The van der Waals surface area contributed by atoms with Crippen LogP contribution in [-0.4, -0.2) is 39.1 Å². The molecule has 4 nitrogen and oxygen atoms in total. The van der Waals surface area contributed by atoms with Crippen molar-refractivity contribution >= 4 is 57.8 Å². The molecule has 1 heterocycles. The van der Waals surface area contributed by atoms with Gasteiger partial charge in [-0.3, -0.25) is 4.79 Å². The van der Waals surface area contributed by atoms with Crippen LogP contribution in [0.2, 0.25) is 5.02 Å². The Kier molecular flexibility index (Phi) is 4.38. The molecule has 2 unspecified atom stereocenters. The highest BCUT2D eigenvalue weighted by molar-refractivity contribution is 14.1. The summed E-state index contributed by atoms with van der Waals surface area (Å²) in [5, 5.41) is 9.85. The molecular formula is C14H13ClINO3S. The van der Waals surface area contributed by atoms with Crippen LogP contribution in [0.4, 0.5) is 0 Å². The molecule has 2 fully saturated rings. The molecule has 112 valence electrons. The summed E-state index contributed by atoms with van der Waals surface area (Å²) in [5.74, 6) is -0.272. The Morgan fingerprint density at radius 2 is 2.10 bits per heavy atom. The van der Waals surface area contributed by atoms with Crippen LogP contribution in [0.5, 0.6) is 0 Å². The van der Waals surface area contributed by atoms with Crippen LogP contribution in [0.1, 0.15) is 23.2 Å². The summed E-state index contributed by atoms with van der Waals surface area (Å²) >= 11 is 9.64. The van der Waals surface area contributed by atoms with Gasteiger partial charge in [0.2, 0.25) is 0 Å². The first kappa shape index (κ1) is 15.4. The molecule has 7 heteroatoms. The van der Waals surface area contributed by atoms with Crippen LogP contribution in [-0.2, 0) is 4.79 Å². The lowest BCUT2D eigenvalue weighted by atomic mass is 10.1. The third-order valence-corrected chi connectivity index (χ3v) is 6.38. The van der Waals surface area contributed by atoms with Gasteiger partial charge >= 0.3 is 5.97 Å². The molecule has 2 aliphatic rings. The zero-order valence-electron chi connectivity index (χ0n) is 11.0. The van der Waals surface area contributed by atoms with Gasteiger partial charge in [0.1, 0.15) is 6.04 Å². The normalized spacial score (nSPS) is 25.1. The Bertz CT molecular complexity index is 608. The maximum atomic E-state index is 12.9. The van der Waals surface area contributed by atoms with Crippen LogP contribution in [0.3, 0.4) is 0 Å². The molecule has 1 aromatic carbocycles. The van der Waals surface area contributed by atoms with Crippen molar-refractivity contribution < 1.29 is 14.7 Å². The van der Waals surface area contributed by atoms with Crippen molar-refractivity contribution in [2.45, 2.75) is 24.3 Å². The van der Waals surface area contributed by atoms with Crippen LogP contribution >= 0.6 is 46.0 Å². The second kappa shape index (κ2) is 5.96. The number of halogens is 2. The number of hydrogen-bond acceptors (Lipinski definition) is 3. The number of carboxylic acids is 1. The third kappa shape index (κ3) is 3.03. The Morgan fingerprint density at radius 3 is 2.71 bits per heavy atom. The molecule has 1 saturated carbocycles. The molecule has 1 amide bonds. The van der Waals surface area contributed by atoms with Crippen molar-refractivity contribution in [3.8, 4) is 0 Å². The Morgan fingerprint density at radius 1 is 1.38 bits per heavy atom. The van der Waals surface area contributed by atoms with Crippen LogP contribution in [0.25, 0.3) is 0 Å². The predicted octanol–water partition coefficient (Wildman–Crippen LogP) is 3.32. The van der Waals surface area contributed by atoms with Gasteiger partial charge in [-0.2, -0.15) is 0 Å². The Balaban J connectivity index is 1.95. The first-order valence-electron chi connectivity index (χ1n) is 6.61. The number of rotatable bonds is 3. The van der Waals surface area contributed by atoms with Crippen LogP contribution in [0.15, 0.2) is 18.2 Å². The van der Waals surface area contributed by atoms with E-state index in [1.807, 2.05) is 0 Å². The largest absolute Gasteiger partial charge is 0.480 e. The van der Waals surface area contributed by atoms with Gasteiger partial charge in [-0.1, -0.05) is 11.6 Å². The minimum atomic E-state index is -0.934. The van der Waals surface area contributed by atoms with Gasteiger partial charge in [-0.15, -0.1) is 11.8 Å². The lowest BCUT2D eigenvalue weighted by Gasteiger charge is -2.28. The molecule has 1 saturated heterocycles. The van der Waals surface area contributed by atoms with E-state index in [9.17, 15) is 14.7 Å². The number of benzene rings is 1. The second-order valence-corrected chi connectivity index (χ2v) is 8.00. The van der Waals surface area contributed by atoms with E-state index >= 15 is 0 Å². The van der Waals surface area contributed by atoms with E-state index in [0.717, 1.165) is 16.4 Å². The zero-order chi connectivity index (χ0) is 15.1. The summed E-state index contributed by atoms with van der Waals surface area (Å²) in [6, 6.07) is 4.38. The summed E-state index contributed by atoms with van der Waals surface area (Å²) < 4.78 is 0.789. The maximum absolute atomic E-state index is 12.9. The van der Waals surface area contributed by atoms with Crippen molar-refractivity contribution in [1.82, 2.24) is 4.90 Å². The molecule has 1 aliphatic heterocycles. The standard InChI is InChI=1S/C14H13ClINO3S/c15-8-3-4-10(16)9(5-8)12(18)17-11(14(19)20)6-21-13(17)7-1-2-7/h3-5,7,11,13H,1-2,6H2,(H,19,20). The highest BCUT2D eigenvalue weighted by Gasteiger charge is 2.48. The van der Waals surface area contributed by atoms with E-state index in [-0.39, 0.29) is 11.3 Å². The Labute approximate surface area is 145 Å². The lowest BCUT2D eigenvalue weighted by Crippen LogP contribution is -2.46. The highest BCUT2D eigenvalue weighted by atomic mass is 127. The zero-order valence-corrected chi connectivity index (χ0v) is 14.7. The Hall–Kier alpha value is -0.470. The van der Waals surface area contributed by atoms with Gasteiger partial charge in [0.25, 0.3) is 5.91 Å². The average molecular weight is 438 g/mol. The molecule has 0 bridgehead atoms. The van der Waals surface area contributed by atoms with Crippen molar-refractivity contribution in [3.05, 3.63) is 32.4 Å². The molecule has 21 heavy (non-hydrogen) atoms. The van der Waals surface area contributed by atoms with Gasteiger partial charge in [-0.25, -0.2) is 4.79 Å². The molecule has 3 rings (SSSR count). The quantitative estimate of drug-likeness (QED) is 0.737. The van der Waals surface area contributed by atoms with Gasteiger partial charge < -0.3 is 10.0 Å². The van der Waals surface area contributed by atoms with Crippen molar-refractivity contribution in [1.29, 1.82) is 0 Å². The first-order valence-corrected chi connectivity index (χ1v) is 9.11. The average Bonchev–Trinajstić information content (AvgIpc) is 3.19. The number of thioether (sulfide) groups is 1. The molecule has 2 atom stereocenters. The van der Waals surface area contributed by atoms with Gasteiger partial charge in [0, 0.05) is 14.3 Å². The number of aliphatic carboxylic acids is 1. The van der Waals surface area contributed by atoms with Crippen molar-refractivity contribution in [2.24, 2.45) is 5.92 Å². The fourth-order valence-corrected chi connectivity index (χ4v) is 4.89. The minimum Gasteiger partial charge on any atom is -0.480 e. The lowest BCUT2D eigenvalue weighted by molar-refractivity contribution is -0.141. The van der Waals surface area contributed by atoms with Crippen LogP contribution in [0, 0.1) is 9.49 Å². The maximum Gasteiger partial charge on any atom is 0.327 e. The van der Waals surface area contributed by atoms with Crippen molar-refractivity contribution in [2.75, 3.05) is 5.75 Å². The third-order valence-electron chi connectivity index (χ3n) is 3.74. The van der Waals surface area contributed by atoms with E-state index < -0.39 is 12.0 Å². The van der Waals surface area contributed by atoms with E-state index in [1.54, 1.807) is 34.9 Å². The smallest absolute Gasteiger partial charge is 0.327 e. The number of amides is 1. The van der Waals surface area contributed by atoms with E-state index in [4.69, 9.17) is 11.6 Å². The molecule has 0 aromatic heterocycles. The number of carbonyl (C=O) groups is 2. The highest BCUT2D eigenvalue weighted by Crippen LogP contribution is 2.46. The number of carboxylic acid groups (broad SMARTS) is 1. The summed E-state index contributed by atoms with van der Waals surface area (Å²) in [7, 11) is 0. The van der Waals surface area contributed by atoms with E-state index in [1.165, 1.54) is 0 Å². The fraction of sp³-hybridized carbons (Fsp3) is 0.429. The van der Waals surface area contributed by atoms with Gasteiger partial charge in [-0.05, 0) is 59.5 Å². The number of nitrogens with zero attached hydrogens (tertiary/aromatic N) is 1. The van der Waals surface area contributed by atoms with E-state index in [2.05, 4.69) is 22.6 Å². The minimum absolute atomic E-state index is 0.0200. The molecule has 1 aliphatic carbocycles. The van der Waals surface area contributed by atoms with Crippen molar-refractivity contribution in [3.63, 3.8) is 0 Å². The second-order valence-electron chi connectivity index (χ2n) is 5.25. The number of hydrogen-bond donors (Lipinski definition) is 1. The summed E-state index contributed by atoms with van der Waals surface area (Å²) in [6.45, 7) is 0. The van der Waals surface area contributed by atoms with E-state index in [0.29, 0.717) is 22.3 Å². The number of carbonyl (C=O) groups excluding carboxylic acids is 1. The molecular weight excluding hydrogens is 425 g/mol. The SMILES string of the molecule is O=C(O)C1CSC(C2CC2)N1C(=O)c1cc(Cl)ccc1I. The summed E-state index contributed by atoms with van der Waals surface area (Å²) in [5.41, 5.74) is 0.488. The monoisotopic (exact) mass is 437 g/mol. The first-order chi connectivity index (χ1) is 9.99. The summed E-state index contributed by atoms with van der Waals surface area (Å²) in [4.78, 5) is 25.9. The molecule has 1 aromatic rings. The van der Waals surface area contributed by atoms with Gasteiger partial charge in [0.05, 0.1) is 10.9 Å². The topological polar surface area (TPSA) is 57.6 Å². The molecule has 0 radical (unpaired) electrons. The fourth-order valence-electron chi connectivity index (χ4n) is 2.52. The molecule has 0 spiro atoms. The molecule has 1 N–H and O–H groups in total. The summed E-state index contributed by atoms with van der Waals surface area (Å²) in [6.07, 6.45) is 2.14. The van der Waals surface area contributed by atoms with Gasteiger partial charge in [0.15, 0.2) is 0 Å². The van der Waals surface area contributed by atoms with Crippen LogP contribution < -0.4 is 0 Å².